The van der Waals surface area contributed by atoms with Crippen LogP contribution in [0.3, 0.4) is 0 Å². The zero-order valence-corrected chi connectivity index (χ0v) is 14.2. The fourth-order valence-corrected chi connectivity index (χ4v) is 5.66. The van der Waals surface area contributed by atoms with Crippen LogP contribution in [0, 0.1) is 0 Å². The largest absolute Gasteiger partial charge is 0.449 e. The lowest BCUT2D eigenvalue weighted by molar-refractivity contribution is -0.435. The van der Waals surface area contributed by atoms with Crippen LogP contribution in [0.15, 0.2) is 0 Å². The van der Waals surface area contributed by atoms with Crippen molar-refractivity contribution < 1.29 is 66.1 Å². The summed E-state index contributed by atoms with van der Waals surface area (Å²) in [4.78, 5) is 0. The fraction of sp³-hybridized carbons (Fsp3) is 1.00. The Morgan fingerprint density at radius 3 is 1.76 bits per heavy atom. The van der Waals surface area contributed by atoms with Gasteiger partial charge in [0.25, 0.3) is 10.0 Å². The van der Waals surface area contributed by atoms with Gasteiger partial charge in [0.1, 0.15) is 0 Å². The van der Waals surface area contributed by atoms with E-state index in [2.05, 4.69) is 9.05 Å². The van der Waals surface area contributed by atoms with Crippen LogP contribution in [0.5, 0.6) is 0 Å². The van der Waals surface area contributed by atoms with Crippen molar-refractivity contribution in [2.45, 2.75) is 23.9 Å². The highest BCUT2D eigenvalue weighted by Crippen LogP contribution is 2.51. The molecule has 0 aliphatic rings. The van der Waals surface area contributed by atoms with Crippen LogP contribution >= 0.6 is 6.80 Å². The van der Waals surface area contributed by atoms with Gasteiger partial charge < -0.3 is 9.05 Å². The number of rotatable bonds is 10. The summed E-state index contributed by atoms with van der Waals surface area (Å²) in [6, 6.07) is 0. The maximum Gasteiger partial charge on any atom is 0.449 e. The van der Waals surface area contributed by atoms with E-state index in [0.717, 1.165) is 0 Å². The van der Waals surface area contributed by atoms with Crippen molar-refractivity contribution in [3.05, 3.63) is 0 Å². The van der Waals surface area contributed by atoms with Gasteiger partial charge in [-0.2, -0.15) is 26.3 Å². The third-order valence-electron chi connectivity index (χ3n) is 2.03. The molecular formula is C6H8F8NO7PS2. The monoisotopic (exact) mass is 453 g/mol. The highest BCUT2D eigenvalue weighted by Gasteiger charge is 2.72. The van der Waals surface area contributed by atoms with Crippen LogP contribution in [0.1, 0.15) is 0 Å². The van der Waals surface area contributed by atoms with Crippen molar-refractivity contribution in [2.24, 2.45) is 0 Å². The lowest BCUT2D eigenvalue weighted by atomic mass is 10.6. The first-order valence-corrected chi connectivity index (χ1v) is 9.96. The topological polar surface area (TPSA) is 108 Å². The zero-order valence-electron chi connectivity index (χ0n) is 11.7. The Morgan fingerprint density at radius 2 is 1.44 bits per heavy atom. The summed E-state index contributed by atoms with van der Waals surface area (Å²) in [7, 11) is -9.61. The Balaban J connectivity index is 5.75. The van der Waals surface area contributed by atoms with Crippen LogP contribution in [-0.4, -0.2) is 50.7 Å². The van der Waals surface area contributed by atoms with Crippen molar-refractivity contribution in [2.75, 3.05) is 14.2 Å². The van der Waals surface area contributed by atoms with Gasteiger partial charge in [0, 0.05) is 14.2 Å². The van der Waals surface area contributed by atoms with Gasteiger partial charge >= 0.3 is 30.7 Å². The molecular weight excluding hydrogens is 445 g/mol. The van der Waals surface area contributed by atoms with Gasteiger partial charge in [-0.3, -0.25) is 0 Å². The van der Waals surface area contributed by atoms with Gasteiger partial charge in [-0.1, -0.05) is 0 Å². The summed E-state index contributed by atoms with van der Waals surface area (Å²) < 4.78 is 156. The van der Waals surface area contributed by atoms with Gasteiger partial charge in [-0.05, 0) is 0 Å². The number of hydrogen-bond acceptors (Lipinski definition) is 7. The van der Waals surface area contributed by atoms with E-state index in [-0.39, 0.29) is 4.13 Å². The molecule has 8 nitrogen and oxygen atoms in total. The number of ether oxygens (including phenoxy) is 1. The quantitative estimate of drug-likeness (QED) is 0.399. The summed E-state index contributed by atoms with van der Waals surface area (Å²) in [6.45, 7) is -4.95. The minimum atomic E-state index is -6.89. The minimum Gasteiger partial charge on any atom is -0.302 e. The molecule has 0 saturated heterocycles. The number of nitrogens with one attached hydrogen (secondary N) is 1. The van der Waals surface area contributed by atoms with Crippen LogP contribution in [0.2, 0.25) is 0 Å². The van der Waals surface area contributed by atoms with Gasteiger partial charge in [0.15, 0.2) is 0 Å². The maximum atomic E-state index is 13.3. The smallest absolute Gasteiger partial charge is 0.302 e. The lowest BCUT2D eigenvalue weighted by Crippen LogP contribution is -2.56. The summed E-state index contributed by atoms with van der Waals surface area (Å²) in [5.41, 5.74) is 0. The number of hydrogen-bond donors (Lipinski definition) is 1. The third kappa shape index (κ3) is 5.08. The first-order valence-electron chi connectivity index (χ1n) is 5.18. The average Bonchev–Trinajstić information content (AvgIpc) is 2.44. The van der Waals surface area contributed by atoms with Crippen LogP contribution < -0.4 is 4.13 Å². The molecule has 0 aliphatic carbocycles. The second-order valence-corrected chi connectivity index (χ2v) is 10.3. The van der Waals surface area contributed by atoms with E-state index in [4.69, 9.17) is 0 Å². The molecule has 0 aliphatic heterocycles. The normalized spacial score (nSPS) is 16.3. The second-order valence-electron chi connectivity index (χ2n) is 3.65. The van der Waals surface area contributed by atoms with Gasteiger partial charge in [0.2, 0.25) is 10.6 Å². The van der Waals surface area contributed by atoms with Crippen LogP contribution in [0.4, 0.5) is 35.1 Å². The Bertz CT molecular complexity index is 647. The number of alkyl halides is 8. The molecule has 0 fully saturated rings. The minimum absolute atomic E-state index is 0.249. The van der Waals surface area contributed by atoms with Gasteiger partial charge in [0.05, 0.1) is 0 Å². The van der Waals surface area contributed by atoms with E-state index in [9.17, 15) is 52.3 Å². The highest BCUT2D eigenvalue weighted by molar-refractivity contribution is 8.46. The second kappa shape index (κ2) is 7.69. The van der Waals surface area contributed by atoms with Crippen molar-refractivity contribution in [3.8, 4) is 0 Å². The van der Waals surface area contributed by atoms with Crippen molar-refractivity contribution in [1.82, 2.24) is 4.13 Å². The van der Waals surface area contributed by atoms with E-state index in [0.29, 0.717) is 14.2 Å². The maximum absolute atomic E-state index is 13.3. The third-order valence-corrected chi connectivity index (χ3v) is 8.47. The van der Waals surface area contributed by atoms with Crippen molar-refractivity contribution in [1.29, 1.82) is 0 Å². The summed E-state index contributed by atoms with van der Waals surface area (Å²) in [5.74, 6) is 0. The van der Waals surface area contributed by atoms with E-state index in [1.807, 2.05) is 4.74 Å². The van der Waals surface area contributed by atoms with Crippen molar-refractivity contribution >= 4 is 27.4 Å². The zero-order chi connectivity index (χ0) is 20.5. The molecule has 0 aromatic heterocycles. The first kappa shape index (κ1) is 24.6. The molecule has 0 aromatic carbocycles. The predicted octanol–water partition coefficient (Wildman–Crippen LogP) is 2.03. The molecule has 1 unspecified atom stereocenters. The molecule has 25 heavy (non-hydrogen) atoms. The molecule has 0 saturated carbocycles. The van der Waals surface area contributed by atoms with Crippen LogP contribution in [-0.2, 0) is 39.0 Å². The standard InChI is InChI=1S/C6H8F8NO7PS2/c1-20-23(16,21-2)24(17)15-25(18,19)6(13,14)5(11,12)22-4(9,10)3(7)8/h3,15H,1-2H3. The molecule has 152 valence electrons. The van der Waals surface area contributed by atoms with Gasteiger partial charge in [-0.15, -0.1) is 4.13 Å². The van der Waals surface area contributed by atoms with Crippen LogP contribution in [0.25, 0.3) is 0 Å². The predicted molar refractivity (Wildman–Crippen MR) is 63.8 cm³/mol. The summed E-state index contributed by atoms with van der Waals surface area (Å²) in [5, 5.41) is -6.65. The number of halogens is 8. The molecule has 0 radical (unpaired) electrons. The van der Waals surface area contributed by atoms with E-state index in [1.165, 1.54) is 0 Å². The average molecular weight is 453 g/mol. The van der Waals surface area contributed by atoms with E-state index >= 15 is 0 Å². The Labute approximate surface area is 136 Å². The first-order chi connectivity index (χ1) is 10.9. The number of sulfonamides is 1. The van der Waals surface area contributed by atoms with E-state index in [1.54, 1.807) is 0 Å². The Kier molecular flexibility index (Phi) is 7.57. The van der Waals surface area contributed by atoms with Crippen molar-refractivity contribution in [3.63, 3.8) is 0 Å². The molecule has 1 N–H and O–H groups in total. The molecule has 0 bridgehead atoms. The Hall–Kier alpha value is -0.390. The SMILES string of the molecule is COP(=O)(OC)S(=O)NS(=O)(=O)C(F)(F)C(F)(F)OC(F)(F)C(F)F. The lowest BCUT2D eigenvalue weighted by Gasteiger charge is -2.28. The fourth-order valence-electron chi connectivity index (χ4n) is 0.833. The summed E-state index contributed by atoms with van der Waals surface area (Å²) >= 11 is 0. The molecule has 1 atom stereocenters. The Morgan fingerprint density at radius 1 is 1.04 bits per heavy atom. The summed E-state index contributed by atoms with van der Waals surface area (Å²) in [6.07, 6.45) is -17.9. The van der Waals surface area contributed by atoms with Gasteiger partial charge in [-0.25, -0.2) is 30.7 Å². The molecule has 0 aromatic rings. The molecule has 0 rings (SSSR count). The highest BCUT2D eigenvalue weighted by atomic mass is 32.8. The molecule has 0 heterocycles. The molecule has 0 amide bonds. The van der Waals surface area contributed by atoms with E-state index < -0.39 is 51.3 Å². The molecule has 0 spiro atoms. The molecule has 19 heteroatoms.